The largest absolute Gasteiger partial charge is 0.485 e. The second kappa shape index (κ2) is 4.47. The Bertz CT molecular complexity index is 615. The number of ether oxygens (including phenoxy) is 1. The fourth-order valence-electron chi connectivity index (χ4n) is 2.15. The Hall–Kier alpha value is -2.21. The highest BCUT2D eigenvalue weighted by Crippen LogP contribution is 2.35. The van der Waals surface area contributed by atoms with Gasteiger partial charge in [-0.1, -0.05) is 0 Å². The van der Waals surface area contributed by atoms with E-state index >= 15 is 0 Å². The molecule has 6 heteroatoms. The van der Waals surface area contributed by atoms with Gasteiger partial charge in [0.1, 0.15) is 11.9 Å². The van der Waals surface area contributed by atoms with Gasteiger partial charge in [-0.25, -0.2) is 9.37 Å². The summed E-state index contributed by atoms with van der Waals surface area (Å²) in [4.78, 5) is 8.09. The van der Waals surface area contributed by atoms with E-state index in [0.717, 1.165) is 5.56 Å². The van der Waals surface area contributed by atoms with E-state index in [1.54, 1.807) is 0 Å². The topological polar surface area (TPSA) is 87.0 Å². The Kier molecular flexibility index (Phi) is 2.79. The van der Waals surface area contributed by atoms with Gasteiger partial charge < -0.3 is 16.2 Å². The maximum Gasteiger partial charge on any atom is 0.166 e. The number of rotatable bonds is 2. The van der Waals surface area contributed by atoms with Crippen molar-refractivity contribution in [2.45, 2.75) is 12.5 Å². The molecule has 0 amide bonds. The van der Waals surface area contributed by atoms with Gasteiger partial charge in [0, 0.05) is 24.1 Å². The molecule has 0 saturated carbocycles. The third-order valence-electron chi connectivity index (χ3n) is 3.08. The molecule has 5 nitrogen and oxygen atoms in total. The van der Waals surface area contributed by atoms with Crippen LogP contribution in [0.5, 0.6) is 5.75 Å². The number of nitrogens with zero attached hydrogens (tertiary/aromatic N) is 2. The van der Waals surface area contributed by atoms with Crippen LogP contribution in [0, 0.1) is 5.82 Å². The average Bonchev–Trinajstić information content (AvgIpc) is 2.83. The fraction of sp³-hybridized carbons (Fsp3) is 0.231. The van der Waals surface area contributed by atoms with Crippen molar-refractivity contribution in [3.63, 3.8) is 0 Å². The third kappa shape index (κ3) is 2.10. The molecule has 0 fully saturated rings. The minimum absolute atomic E-state index is 0.155. The summed E-state index contributed by atoms with van der Waals surface area (Å²) in [6.45, 7) is 0.366. The van der Waals surface area contributed by atoms with Gasteiger partial charge in [-0.05, 0) is 12.1 Å². The molecule has 4 N–H and O–H groups in total. The van der Waals surface area contributed by atoms with Crippen LogP contribution in [0.2, 0.25) is 0 Å². The van der Waals surface area contributed by atoms with Gasteiger partial charge in [0.25, 0.3) is 0 Å². The van der Waals surface area contributed by atoms with Crippen LogP contribution < -0.4 is 16.2 Å². The van der Waals surface area contributed by atoms with Crippen molar-refractivity contribution >= 4 is 5.82 Å². The zero-order valence-corrected chi connectivity index (χ0v) is 10.1. The van der Waals surface area contributed by atoms with E-state index < -0.39 is 5.82 Å². The number of anilines is 1. The standard InChI is InChI=1S/C13H13FN4O/c14-10-3-7(11-5-18-12(16)6-17-11)1-8-2-9(4-15)19-13(8)10/h1,3,5-6,9H,2,4,15H2,(H2,16,18). The lowest BCUT2D eigenvalue weighted by Crippen LogP contribution is -2.24. The number of nitrogens with two attached hydrogens (primary N) is 2. The van der Waals surface area contributed by atoms with Crippen molar-refractivity contribution in [3.05, 3.63) is 35.9 Å². The summed E-state index contributed by atoms with van der Waals surface area (Å²) in [5.41, 5.74) is 13.1. The Morgan fingerprint density at radius 1 is 1.32 bits per heavy atom. The third-order valence-corrected chi connectivity index (χ3v) is 3.08. The second-order valence-corrected chi connectivity index (χ2v) is 4.45. The molecule has 1 atom stereocenters. The molecule has 1 unspecified atom stereocenters. The predicted molar refractivity (Wildman–Crippen MR) is 69.0 cm³/mol. The second-order valence-electron chi connectivity index (χ2n) is 4.45. The molecule has 2 heterocycles. The Morgan fingerprint density at radius 2 is 2.16 bits per heavy atom. The van der Waals surface area contributed by atoms with Gasteiger partial charge >= 0.3 is 0 Å². The Morgan fingerprint density at radius 3 is 2.84 bits per heavy atom. The van der Waals surface area contributed by atoms with Crippen LogP contribution in [0.15, 0.2) is 24.5 Å². The van der Waals surface area contributed by atoms with E-state index in [0.29, 0.717) is 35.8 Å². The first-order valence-corrected chi connectivity index (χ1v) is 5.94. The van der Waals surface area contributed by atoms with Crippen molar-refractivity contribution in [2.24, 2.45) is 5.73 Å². The number of nitrogen functional groups attached to an aromatic ring is 1. The molecule has 0 radical (unpaired) electrons. The molecule has 0 spiro atoms. The first kappa shape index (κ1) is 11.9. The van der Waals surface area contributed by atoms with Crippen LogP contribution >= 0.6 is 0 Å². The lowest BCUT2D eigenvalue weighted by Gasteiger charge is -2.07. The SMILES string of the molecule is NCC1Cc2cc(-c3cnc(N)cn3)cc(F)c2O1. The number of halogens is 1. The summed E-state index contributed by atoms with van der Waals surface area (Å²) in [6, 6.07) is 3.24. The summed E-state index contributed by atoms with van der Waals surface area (Å²) >= 11 is 0. The quantitative estimate of drug-likeness (QED) is 0.845. The van der Waals surface area contributed by atoms with Crippen LogP contribution in [-0.4, -0.2) is 22.6 Å². The predicted octanol–water partition coefficient (Wildman–Crippen LogP) is 1.13. The van der Waals surface area contributed by atoms with Gasteiger partial charge in [-0.3, -0.25) is 4.98 Å². The number of aromatic nitrogens is 2. The number of hydrogen-bond donors (Lipinski definition) is 2. The average molecular weight is 260 g/mol. The van der Waals surface area contributed by atoms with Crippen molar-refractivity contribution in [3.8, 4) is 17.0 Å². The molecule has 19 heavy (non-hydrogen) atoms. The highest BCUT2D eigenvalue weighted by atomic mass is 19.1. The monoisotopic (exact) mass is 260 g/mol. The molecular weight excluding hydrogens is 247 g/mol. The van der Waals surface area contributed by atoms with Gasteiger partial charge in [0.15, 0.2) is 11.6 Å². The van der Waals surface area contributed by atoms with Gasteiger partial charge in [0.2, 0.25) is 0 Å². The molecule has 1 aliphatic rings. The first-order chi connectivity index (χ1) is 9.17. The molecule has 0 aliphatic carbocycles. The number of benzene rings is 1. The van der Waals surface area contributed by atoms with Crippen LogP contribution in [0.1, 0.15) is 5.56 Å². The van der Waals surface area contributed by atoms with Crippen molar-refractivity contribution < 1.29 is 9.13 Å². The lowest BCUT2D eigenvalue weighted by molar-refractivity contribution is 0.232. The molecule has 0 bridgehead atoms. The molecular formula is C13H13FN4O. The zero-order chi connectivity index (χ0) is 13.4. The molecule has 1 aromatic carbocycles. The molecule has 2 aromatic rings. The van der Waals surface area contributed by atoms with Gasteiger partial charge in [-0.2, -0.15) is 0 Å². The van der Waals surface area contributed by atoms with E-state index in [9.17, 15) is 4.39 Å². The van der Waals surface area contributed by atoms with E-state index in [4.69, 9.17) is 16.2 Å². The molecule has 0 saturated heterocycles. The molecule has 98 valence electrons. The Labute approximate surface area is 109 Å². The summed E-state index contributed by atoms with van der Waals surface area (Å²) < 4.78 is 19.4. The van der Waals surface area contributed by atoms with Crippen molar-refractivity contribution in [1.29, 1.82) is 0 Å². The highest BCUT2D eigenvalue weighted by Gasteiger charge is 2.25. The van der Waals surface area contributed by atoms with Crippen molar-refractivity contribution in [2.75, 3.05) is 12.3 Å². The molecule has 1 aromatic heterocycles. The minimum Gasteiger partial charge on any atom is -0.485 e. The summed E-state index contributed by atoms with van der Waals surface area (Å²) in [5.74, 6) is 0.224. The number of hydrogen-bond acceptors (Lipinski definition) is 5. The lowest BCUT2D eigenvalue weighted by atomic mass is 10.0. The first-order valence-electron chi connectivity index (χ1n) is 5.94. The summed E-state index contributed by atoms with van der Waals surface area (Å²) in [7, 11) is 0. The van der Waals surface area contributed by atoms with Gasteiger partial charge in [-0.15, -0.1) is 0 Å². The smallest absolute Gasteiger partial charge is 0.166 e. The van der Waals surface area contributed by atoms with Crippen LogP contribution in [0.4, 0.5) is 10.2 Å². The Balaban J connectivity index is 2.02. The van der Waals surface area contributed by atoms with Gasteiger partial charge in [0.05, 0.1) is 18.1 Å². The normalized spacial score (nSPS) is 17.1. The van der Waals surface area contributed by atoms with Crippen LogP contribution in [-0.2, 0) is 6.42 Å². The number of fused-ring (bicyclic) bond motifs is 1. The van der Waals surface area contributed by atoms with Crippen molar-refractivity contribution in [1.82, 2.24) is 9.97 Å². The summed E-state index contributed by atoms with van der Waals surface area (Å²) in [5, 5.41) is 0. The maximum absolute atomic E-state index is 14.0. The van der Waals surface area contributed by atoms with Crippen LogP contribution in [0.3, 0.4) is 0 Å². The van der Waals surface area contributed by atoms with E-state index in [-0.39, 0.29) is 6.10 Å². The van der Waals surface area contributed by atoms with E-state index in [1.165, 1.54) is 18.5 Å². The van der Waals surface area contributed by atoms with Crippen LogP contribution in [0.25, 0.3) is 11.3 Å². The highest BCUT2D eigenvalue weighted by molar-refractivity contribution is 5.63. The zero-order valence-electron chi connectivity index (χ0n) is 10.1. The molecule has 3 rings (SSSR count). The fourth-order valence-corrected chi connectivity index (χ4v) is 2.15. The van der Waals surface area contributed by atoms with E-state index in [1.807, 2.05) is 6.07 Å². The minimum atomic E-state index is -0.401. The summed E-state index contributed by atoms with van der Waals surface area (Å²) in [6.07, 6.45) is 3.42. The maximum atomic E-state index is 14.0. The van der Waals surface area contributed by atoms with E-state index in [2.05, 4.69) is 9.97 Å². The molecule has 1 aliphatic heterocycles.